The van der Waals surface area contributed by atoms with Crippen LogP contribution < -0.4 is 14.9 Å². The molecule has 0 aliphatic rings. The highest BCUT2D eigenvalue weighted by molar-refractivity contribution is 5.95. The fourth-order valence-corrected chi connectivity index (χ4v) is 3.95. The van der Waals surface area contributed by atoms with Gasteiger partial charge in [0.2, 0.25) is 0 Å². The number of benzene rings is 4. The number of methoxy groups -OCH3 is 1. The van der Waals surface area contributed by atoms with Crippen LogP contribution in [0.5, 0.6) is 11.5 Å². The third-order valence-electron chi connectivity index (χ3n) is 6.14. The van der Waals surface area contributed by atoms with Crippen molar-refractivity contribution in [3.63, 3.8) is 0 Å². The summed E-state index contributed by atoms with van der Waals surface area (Å²) in [6, 6.07) is 32.6. The molecule has 0 atom stereocenters. The molecule has 0 spiro atoms. The van der Waals surface area contributed by atoms with Crippen molar-refractivity contribution in [3.8, 4) is 28.4 Å². The molecule has 0 aliphatic heterocycles. The van der Waals surface area contributed by atoms with E-state index in [9.17, 15) is 4.79 Å². The molecule has 7 heteroatoms. The molecule has 1 heterocycles. The van der Waals surface area contributed by atoms with Crippen LogP contribution in [0.2, 0.25) is 0 Å². The van der Waals surface area contributed by atoms with E-state index in [-0.39, 0.29) is 5.91 Å². The lowest BCUT2D eigenvalue weighted by atomic mass is 10.1. The zero-order chi connectivity index (χ0) is 27.0. The van der Waals surface area contributed by atoms with E-state index in [4.69, 9.17) is 14.6 Å². The van der Waals surface area contributed by atoms with Gasteiger partial charge in [0.1, 0.15) is 23.8 Å². The van der Waals surface area contributed by atoms with Crippen molar-refractivity contribution >= 4 is 12.1 Å². The molecule has 0 unspecified atom stereocenters. The molecular formula is C32H28N4O3. The van der Waals surface area contributed by atoms with Gasteiger partial charge in [-0.3, -0.25) is 4.79 Å². The molecule has 7 nitrogen and oxygen atoms in total. The zero-order valence-electron chi connectivity index (χ0n) is 21.7. The molecule has 4 aromatic carbocycles. The molecule has 39 heavy (non-hydrogen) atoms. The van der Waals surface area contributed by atoms with Gasteiger partial charge in [0.05, 0.1) is 19.0 Å². The molecular weight excluding hydrogens is 488 g/mol. The smallest absolute Gasteiger partial charge is 0.271 e. The Balaban J connectivity index is 1.27. The van der Waals surface area contributed by atoms with E-state index in [1.807, 2.05) is 72.9 Å². The maximum absolute atomic E-state index is 12.7. The van der Waals surface area contributed by atoms with Gasteiger partial charge >= 0.3 is 0 Å². The van der Waals surface area contributed by atoms with Crippen molar-refractivity contribution in [1.82, 2.24) is 15.2 Å². The summed E-state index contributed by atoms with van der Waals surface area (Å²) < 4.78 is 12.9. The van der Waals surface area contributed by atoms with Crippen LogP contribution in [0.3, 0.4) is 0 Å². The third kappa shape index (κ3) is 6.40. The van der Waals surface area contributed by atoms with Crippen LogP contribution in [-0.4, -0.2) is 29.0 Å². The number of aromatic nitrogens is 2. The molecule has 0 saturated carbocycles. The second-order valence-corrected chi connectivity index (χ2v) is 8.94. The van der Waals surface area contributed by atoms with Crippen LogP contribution in [0.4, 0.5) is 0 Å². The number of hydrazone groups is 1. The van der Waals surface area contributed by atoms with Gasteiger partial charge in [-0.15, -0.1) is 0 Å². The Kier molecular flexibility index (Phi) is 7.79. The normalized spacial score (nSPS) is 10.9. The summed E-state index contributed by atoms with van der Waals surface area (Å²) in [6.45, 7) is 2.51. The number of nitrogens with one attached hydrogen (secondary N) is 1. The highest BCUT2D eigenvalue weighted by Crippen LogP contribution is 2.25. The van der Waals surface area contributed by atoms with E-state index in [1.54, 1.807) is 42.3 Å². The lowest BCUT2D eigenvalue weighted by molar-refractivity contribution is 0.0955. The molecule has 5 rings (SSSR count). The molecule has 1 N–H and O–H groups in total. The lowest BCUT2D eigenvalue weighted by Gasteiger charge is -2.07. The van der Waals surface area contributed by atoms with Gasteiger partial charge in [0.15, 0.2) is 0 Å². The fraction of sp³-hybridized carbons (Fsp3) is 0.0938. The third-order valence-corrected chi connectivity index (χ3v) is 6.14. The molecule has 5 aromatic rings. The number of nitrogens with zero attached hydrogens (tertiary/aromatic N) is 3. The maximum atomic E-state index is 12.7. The number of carbonyl (C=O) groups excluding carboxylic acids is 1. The minimum Gasteiger partial charge on any atom is -0.497 e. The van der Waals surface area contributed by atoms with E-state index >= 15 is 0 Å². The fourth-order valence-electron chi connectivity index (χ4n) is 3.95. The lowest BCUT2D eigenvalue weighted by Crippen LogP contribution is -2.17. The Morgan fingerprint density at radius 2 is 1.59 bits per heavy atom. The number of hydrogen-bond acceptors (Lipinski definition) is 5. The molecule has 1 amide bonds. The summed E-state index contributed by atoms with van der Waals surface area (Å²) in [5.41, 5.74) is 8.68. The number of carbonyl (C=O) groups is 1. The number of aryl methyl sites for hydroxylation is 1. The maximum Gasteiger partial charge on any atom is 0.271 e. The van der Waals surface area contributed by atoms with Crippen LogP contribution in [0, 0.1) is 6.92 Å². The predicted octanol–water partition coefficient (Wildman–Crippen LogP) is 6.20. The Hall–Kier alpha value is -5.17. The van der Waals surface area contributed by atoms with Crippen LogP contribution >= 0.6 is 0 Å². The van der Waals surface area contributed by atoms with Crippen molar-refractivity contribution in [2.24, 2.45) is 5.10 Å². The van der Waals surface area contributed by atoms with E-state index in [1.165, 1.54) is 5.56 Å². The van der Waals surface area contributed by atoms with Gasteiger partial charge in [-0.1, -0.05) is 48.0 Å². The highest BCUT2D eigenvalue weighted by atomic mass is 16.5. The van der Waals surface area contributed by atoms with E-state index in [0.29, 0.717) is 17.9 Å². The number of para-hydroxylation sites is 1. The van der Waals surface area contributed by atoms with Crippen LogP contribution in [-0.2, 0) is 6.61 Å². The Labute approximate surface area is 227 Å². The summed E-state index contributed by atoms with van der Waals surface area (Å²) in [4.78, 5) is 12.7. The molecule has 0 radical (unpaired) electrons. The number of amides is 1. The SMILES string of the molecule is COc1ccc(-c2nn(-c3ccccc3)cc2/C=N\NC(=O)c2ccc(OCc3ccc(C)cc3)cc2)cc1. The number of ether oxygens (including phenoxy) is 2. The summed E-state index contributed by atoms with van der Waals surface area (Å²) in [5.74, 6) is 1.13. The largest absolute Gasteiger partial charge is 0.497 e. The van der Waals surface area contributed by atoms with E-state index in [2.05, 4.69) is 29.6 Å². The van der Waals surface area contributed by atoms with Crippen molar-refractivity contribution in [2.75, 3.05) is 7.11 Å². The Bertz CT molecular complexity index is 1560. The summed E-state index contributed by atoms with van der Waals surface area (Å²) in [7, 11) is 1.63. The number of rotatable bonds is 9. The monoisotopic (exact) mass is 516 g/mol. The molecule has 194 valence electrons. The summed E-state index contributed by atoms with van der Waals surface area (Å²) in [6.07, 6.45) is 3.48. The van der Waals surface area contributed by atoms with Crippen LogP contribution in [0.15, 0.2) is 114 Å². The highest BCUT2D eigenvalue weighted by Gasteiger charge is 2.12. The van der Waals surface area contributed by atoms with Gasteiger partial charge in [-0.2, -0.15) is 10.2 Å². The first kappa shape index (κ1) is 25.5. The van der Waals surface area contributed by atoms with Gasteiger partial charge in [-0.25, -0.2) is 10.1 Å². The van der Waals surface area contributed by atoms with E-state index < -0.39 is 0 Å². The molecule has 0 aliphatic carbocycles. The first-order valence-electron chi connectivity index (χ1n) is 12.5. The molecule has 0 saturated heterocycles. The van der Waals surface area contributed by atoms with Crippen molar-refractivity contribution in [1.29, 1.82) is 0 Å². The summed E-state index contributed by atoms with van der Waals surface area (Å²) >= 11 is 0. The van der Waals surface area contributed by atoms with Gasteiger partial charge in [-0.05, 0) is 73.2 Å². The average molecular weight is 517 g/mol. The van der Waals surface area contributed by atoms with Crippen LogP contribution in [0.1, 0.15) is 27.0 Å². The Morgan fingerprint density at radius 1 is 0.897 bits per heavy atom. The quantitative estimate of drug-likeness (QED) is 0.187. The first-order valence-corrected chi connectivity index (χ1v) is 12.5. The predicted molar refractivity (Wildman–Crippen MR) is 153 cm³/mol. The average Bonchev–Trinajstić information content (AvgIpc) is 3.42. The summed E-state index contributed by atoms with van der Waals surface area (Å²) in [5, 5.41) is 8.99. The number of hydrogen-bond donors (Lipinski definition) is 1. The molecule has 1 aromatic heterocycles. The van der Waals surface area contributed by atoms with Crippen molar-refractivity contribution in [3.05, 3.63) is 132 Å². The minimum absolute atomic E-state index is 0.321. The first-order chi connectivity index (χ1) is 19.1. The molecule has 0 bridgehead atoms. The van der Waals surface area contributed by atoms with Crippen molar-refractivity contribution in [2.45, 2.75) is 13.5 Å². The topological polar surface area (TPSA) is 77.7 Å². The van der Waals surface area contributed by atoms with Gasteiger partial charge in [0.25, 0.3) is 5.91 Å². The second kappa shape index (κ2) is 11.9. The zero-order valence-corrected chi connectivity index (χ0v) is 21.7. The minimum atomic E-state index is -0.321. The van der Waals surface area contributed by atoms with Crippen molar-refractivity contribution < 1.29 is 14.3 Å². The van der Waals surface area contributed by atoms with Crippen LogP contribution in [0.25, 0.3) is 16.9 Å². The standard InChI is InChI=1S/C32H28N4O3/c1-23-8-10-24(11-9-23)22-39-30-18-14-26(15-19-30)32(37)34-33-20-27-21-36(28-6-4-3-5-7-28)35-31(27)25-12-16-29(38-2)17-13-25/h3-21H,22H2,1-2H3,(H,34,37)/b33-20-. The Morgan fingerprint density at radius 3 is 2.28 bits per heavy atom. The van der Waals surface area contributed by atoms with Gasteiger partial charge in [0, 0.05) is 22.9 Å². The van der Waals surface area contributed by atoms with E-state index in [0.717, 1.165) is 33.8 Å². The molecule has 0 fully saturated rings. The van der Waals surface area contributed by atoms with Gasteiger partial charge < -0.3 is 9.47 Å². The second-order valence-electron chi connectivity index (χ2n) is 8.94.